The average molecular weight is 258 g/mol. The van der Waals surface area contributed by atoms with Crippen molar-refractivity contribution in [1.82, 2.24) is 10.6 Å². The second-order valence-electron chi connectivity index (χ2n) is 5.05. The molecule has 2 saturated carbocycles. The zero-order valence-electron chi connectivity index (χ0n) is 10.1. The first kappa shape index (κ1) is 12.5. The number of thioether (sulfide) groups is 1. The smallest absolute Gasteiger partial charge is 0.166 e. The van der Waals surface area contributed by atoms with E-state index in [0.29, 0.717) is 10.8 Å². The number of nitrogens with one attached hydrogen (secondary N) is 2. The van der Waals surface area contributed by atoms with Crippen LogP contribution in [-0.2, 0) is 0 Å². The van der Waals surface area contributed by atoms with Crippen LogP contribution in [0.3, 0.4) is 0 Å². The van der Waals surface area contributed by atoms with Crippen LogP contribution in [0.15, 0.2) is 0 Å². The Hall–Kier alpha value is 0.0400. The molecule has 2 rings (SSSR count). The van der Waals surface area contributed by atoms with Gasteiger partial charge in [0, 0.05) is 17.3 Å². The van der Waals surface area contributed by atoms with Crippen LogP contribution in [0.1, 0.15) is 44.9 Å². The monoisotopic (exact) mass is 258 g/mol. The fraction of sp³-hybridized carbons (Fsp3) is 0.917. The van der Waals surface area contributed by atoms with Gasteiger partial charge in [-0.15, -0.1) is 0 Å². The van der Waals surface area contributed by atoms with Gasteiger partial charge in [-0.1, -0.05) is 19.3 Å². The van der Waals surface area contributed by atoms with E-state index < -0.39 is 0 Å². The highest BCUT2D eigenvalue weighted by molar-refractivity contribution is 8.00. The number of thiocarbonyl (C=S) groups is 1. The Balaban J connectivity index is 1.74. The topological polar surface area (TPSA) is 24.1 Å². The van der Waals surface area contributed by atoms with Crippen LogP contribution in [0.25, 0.3) is 0 Å². The summed E-state index contributed by atoms with van der Waals surface area (Å²) in [5.74, 6) is 0. The van der Waals surface area contributed by atoms with E-state index in [-0.39, 0.29) is 0 Å². The Kier molecular flexibility index (Phi) is 4.36. The van der Waals surface area contributed by atoms with E-state index in [1.807, 2.05) is 11.8 Å². The lowest BCUT2D eigenvalue weighted by Gasteiger charge is -2.36. The van der Waals surface area contributed by atoms with Gasteiger partial charge in [-0.2, -0.15) is 11.8 Å². The van der Waals surface area contributed by atoms with E-state index in [9.17, 15) is 0 Å². The Morgan fingerprint density at radius 2 is 2.00 bits per heavy atom. The average Bonchev–Trinajstić information content (AvgIpc) is 3.12. The Morgan fingerprint density at radius 3 is 2.56 bits per heavy atom. The standard InChI is InChI=1S/C12H22N2S2/c1-16-12(7-3-2-4-8-12)9-13-11(15)14-10-5-6-10/h10H,2-9H2,1H3,(H2,13,14,15). The van der Waals surface area contributed by atoms with Gasteiger partial charge in [0.15, 0.2) is 5.11 Å². The first-order chi connectivity index (χ1) is 7.74. The molecule has 92 valence electrons. The van der Waals surface area contributed by atoms with Crippen LogP contribution in [0.4, 0.5) is 0 Å². The highest BCUT2D eigenvalue weighted by Gasteiger charge is 2.31. The zero-order valence-corrected chi connectivity index (χ0v) is 11.7. The normalized spacial score (nSPS) is 23.8. The SMILES string of the molecule is CSC1(CNC(=S)NC2CC2)CCCCC1. The fourth-order valence-electron chi connectivity index (χ4n) is 2.35. The number of hydrogen-bond acceptors (Lipinski definition) is 2. The zero-order chi connectivity index (χ0) is 11.4. The minimum Gasteiger partial charge on any atom is -0.361 e. The second-order valence-corrected chi connectivity index (χ2v) is 6.73. The van der Waals surface area contributed by atoms with E-state index >= 15 is 0 Å². The van der Waals surface area contributed by atoms with Gasteiger partial charge in [0.05, 0.1) is 0 Å². The van der Waals surface area contributed by atoms with Crippen molar-refractivity contribution in [2.45, 2.75) is 55.7 Å². The quantitative estimate of drug-likeness (QED) is 0.757. The minimum absolute atomic E-state index is 0.438. The maximum Gasteiger partial charge on any atom is 0.166 e. The molecule has 0 heterocycles. The van der Waals surface area contributed by atoms with Crippen LogP contribution in [0, 0.1) is 0 Å². The third-order valence-corrected chi connectivity index (χ3v) is 5.36. The maximum absolute atomic E-state index is 5.30. The maximum atomic E-state index is 5.30. The van der Waals surface area contributed by atoms with Gasteiger partial charge >= 0.3 is 0 Å². The summed E-state index contributed by atoms with van der Waals surface area (Å²) in [6.45, 7) is 1.03. The molecule has 2 N–H and O–H groups in total. The number of rotatable bonds is 4. The van der Waals surface area contributed by atoms with Crippen molar-refractivity contribution in [3.8, 4) is 0 Å². The molecule has 2 fully saturated rings. The van der Waals surface area contributed by atoms with Crippen LogP contribution >= 0.6 is 24.0 Å². The van der Waals surface area contributed by atoms with Gasteiger partial charge in [0.1, 0.15) is 0 Å². The van der Waals surface area contributed by atoms with Crippen molar-refractivity contribution < 1.29 is 0 Å². The van der Waals surface area contributed by atoms with Crippen molar-refractivity contribution in [3.05, 3.63) is 0 Å². The minimum atomic E-state index is 0.438. The molecule has 0 atom stereocenters. The van der Waals surface area contributed by atoms with Crippen molar-refractivity contribution in [1.29, 1.82) is 0 Å². The third-order valence-electron chi connectivity index (χ3n) is 3.68. The lowest BCUT2D eigenvalue weighted by atomic mass is 9.88. The molecule has 0 saturated heterocycles. The summed E-state index contributed by atoms with van der Waals surface area (Å²) in [7, 11) is 0. The summed E-state index contributed by atoms with van der Waals surface area (Å²) >= 11 is 7.32. The fourth-order valence-corrected chi connectivity index (χ4v) is 3.51. The molecular formula is C12H22N2S2. The summed E-state index contributed by atoms with van der Waals surface area (Å²) in [6, 6.07) is 0.664. The first-order valence-electron chi connectivity index (χ1n) is 6.34. The molecule has 0 aliphatic heterocycles. The van der Waals surface area contributed by atoms with Crippen molar-refractivity contribution in [2.75, 3.05) is 12.8 Å². The third kappa shape index (κ3) is 3.52. The molecule has 0 radical (unpaired) electrons. The van der Waals surface area contributed by atoms with Gasteiger partial charge in [0.25, 0.3) is 0 Å². The lowest BCUT2D eigenvalue weighted by Crippen LogP contribution is -2.45. The first-order valence-corrected chi connectivity index (χ1v) is 7.97. The summed E-state index contributed by atoms with van der Waals surface area (Å²) in [6.07, 6.45) is 11.7. The molecule has 0 spiro atoms. The summed E-state index contributed by atoms with van der Waals surface area (Å²) < 4.78 is 0.438. The van der Waals surface area contributed by atoms with Crippen molar-refractivity contribution in [3.63, 3.8) is 0 Å². The molecule has 0 amide bonds. The van der Waals surface area contributed by atoms with Gasteiger partial charge in [-0.05, 0) is 44.2 Å². The molecule has 0 aromatic rings. The van der Waals surface area contributed by atoms with Gasteiger partial charge in [0.2, 0.25) is 0 Å². The van der Waals surface area contributed by atoms with Crippen LogP contribution < -0.4 is 10.6 Å². The van der Waals surface area contributed by atoms with Gasteiger partial charge < -0.3 is 10.6 Å². The van der Waals surface area contributed by atoms with E-state index in [0.717, 1.165) is 11.7 Å². The Bertz CT molecular complexity index is 245. The largest absolute Gasteiger partial charge is 0.361 e. The second kappa shape index (κ2) is 5.58. The predicted octanol–water partition coefficient (Wildman–Crippen LogP) is 2.68. The Morgan fingerprint density at radius 1 is 1.31 bits per heavy atom. The summed E-state index contributed by atoms with van der Waals surface area (Å²) in [5.41, 5.74) is 0. The summed E-state index contributed by atoms with van der Waals surface area (Å²) in [4.78, 5) is 0. The van der Waals surface area contributed by atoms with E-state index in [1.165, 1.54) is 44.9 Å². The molecule has 0 aromatic heterocycles. The molecule has 2 aliphatic rings. The van der Waals surface area contributed by atoms with E-state index in [2.05, 4.69) is 16.9 Å². The molecule has 4 heteroatoms. The van der Waals surface area contributed by atoms with Crippen molar-refractivity contribution >= 4 is 29.1 Å². The Labute approximate surface area is 108 Å². The van der Waals surface area contributed by atoms with Crippen LogP contribution in [-0.4, -0.2) is 28.7 Å². The molecule has 0 unspecified atom stereocenters. The van der Waals surface area contributed by atoms with E-state index in [1.54, 1.807) is 0 Å². The molecule has 2 nitrogen and oxygen atoms in total. The molecule has 2 aliphatic carbocycles. The highest BCUT2D eigenvalue weighted by Crippen LogP contribution is 2.37. The highest BCUT2D eigenvalue weighted by atomic mass is 32.2. The molecule has 16 heavy (non-hydrogen) atoms. The molecule has 0 aromatic carbocycles. The predicted molar refractivity (Wildman–Crippen MR) is 76.1 cm³/mol. The lowest BCUT2D eigenvalue weighted by molar-refractivity contribution is 0.394. The summed E-state index contributed by atoms with van der Waals surface area (Å²) in [5, 5.41) is 7.62. The van der Waals surface area contributed by atoms with Crippen molar-refractivity contribution in [2.24, 2.45) is 0 Å². The molecular weight excluding hydrogens is 236 g/mol. The van der Waals surface area contributed by atoms with Gasteiger partial charge in [-0.3, -0.25) is 0 Å². The van der Waals surface area contributed by atoms with Crippen LogP contribution in [0.5, 0.6) is 0 Å². The number of hydrogen-bond donors (Lipinski definition) is 2. The van der Waals surface area contributed by atoms with Crippen LogP contribution in [0.2, 0.25) is 0 Å². The van der Waals surface area contributed by atoms with E-state index in [4.69, 9.17) is 12.2 Å². The van der Waals surface area contributed by atoms with Gasteiger partial charge in [-0.25, -0.2) is 0 Å². The molecule has 0 bridgehead atoms.